The zero-order valence-corrected chi connectivity index (χ0v) is 11.5. The average molecular weight is 264 g/mol. The minimum Gasteiger partial charge on any atom is -0.341 e. The standard InChI is InChI=1S/C14H20N2OS/c1-16(12-7-8-18-10-12)14(17)13(15)9-11-5-3-2-4-6-11/h2-6,12-13H,7-10,15H2,1H3/t12-,13-/m0/s1. The molecular formula is C14H20N2OS. The predicted molar refractivity (Wildman–Crippen MR) is 76.6 cm³/mol. The molecule has 2 N–H and O–H groups in total. The van der Waals surface area contributed by atoms with E-state index in [2.05, 4.69) is 0 Å². The summed E-state index contributed by atoms with van der Waals surface area (Å²) in [5, 5.41) is 0. The van der Waals surface area contributed by atoms with Crippen molar-refractivity contribution in [1.82, 2.24) is 4.90 Å². The molecule has 4 heteroatoms. The van der Waals surface area contributed by atoms with E-state index in [1.165, 1.54) is 0 Å². The first-order valence-electron chi connectivity index (χ1n) is 6.32. The molecule has 1 aromatic carbocycles. The van der Waals surface area contributed by atoms with Gasteiger partial charge in [0.1, 0.15) is 0 Å². The molecule has 2 rings (SSSR count). The minimum absolute atomic E-state index is 0.0614. The highest BCUT2D eigenvalue weighted by Gasteiger charge is 2.27. The molecule has 0 unspecified atom stereocenters. The number of carbonyl (C=O) groups is 1. The monoisotopic (exact) mass is 264 g/mol. The van der Waals surface area contributed by atoms with Crippen LogP contribution in [0.25, 0.3) is 0 Å². The molecule has 0 aliphatic carbocycles. The van der Waals surface area contributed by atoms with Crippen molar-refractivity contribution in [2.45, 2.75) is 24.9 Å². The van der Waals surface area contributed by atoms with Gasteiger partial charge < -0.3 is 10.6 Å². The van der Waals surface area contributed by atoms with Crippen molar-refractivity contribution in [3.8, 4) is 0 Å². The molecule has 0 spiro atoms. The molecule has 1 amide bonds. The normalized spacial score (nSPS) is 20.7. The molecule has 1 aliphatic rings. The lowest BCUT2D eigenvalue weighted by Gasteiger charge is -2.26. The third-order valence-electron chi connectivity index (χ3n) is 3.42. The second-order valence-corrected chi connectivity index (χ2v) is 5.91. The van der Waals surface area contributed by atoms with E-state index in [1.807, 2.05) is 54.0 Å². The number of hydrogen-bond acceptors (Lipinski definition) is 3. The third kappa shape index (κ3) is 3.27. The summed E-state index contributed by atoms with van der Waals surface area (Å²) in [7, 11) is 1.88. The Labute approximate surface area is 113 Å². The summed E-state index contributed by atoms with van der Waals surface area (Å²) in [6, 6.07) is 9.89. The van der Waals surface area contributed by atoms with Gasteiger partial charge in [0.05, 0.1) is 6.04 Å². The molecule has 18 heavy (non-hydrogen) atoms. The Hall–Kier alpha value is -1.00. The van der Waals surface area contributed by atoms with Gasteiger partial charge in [0.2, 0.25) is 5.91 Å². The largest absolute Gasteiger partial charge is 0.341 e. The van der Waals surface area contributed by atoms with Crippen LogP contribution in [0.5, 0.6) is 0 Å². The molecule has 0 bridgehead atoms. The molecule has 2 atom stereocenters. The van der Waals surface area contributed by atoms with Gasteiger partial charge >= 0.3 is 0 Å². The number of rotatable bonds is 4. The number of nitrogens with two attached hydrogens (primary N) is 1. The van der Waals surface area contributed by atoms with Crippen LogP contribution in [0.2, 0.25) is 0 Å². The van der Waals surface area contributed by atoms with Gasteiger partial charge in [-0.2, -0.15) is 11.8 Å². The Morgan fingerprint density at radius 2 is 2.22 bits per heavy atom. The topological polar surface area (TPSA) is 46.3 Å². The number of thioether (sulfide) groups is 1. The second kappa shape index (κ2) is 6.25. The maximum absolute atomic E-state index is 12.2. The fraction of sp³-hybridized carbons (Fsp3) is 0.500. The van der Waals surface area contributed by atoms with Gasteiger partial charge in [0.25, 0.3) is 0 Å². The van der Waals surface area contributed by atoms with Crippen molar-refractivity contribution in [3.63, 3.8) is 0 Å². The fourth-order valence-corrected chi connectivity index (χ4v) is 3.49. The molecular weight excluding hydrogens is 244 g/mol. The highest BCUT2D eigenvalue weighted by Crippen LogP contribution is 2.21. The van der Waals surface area contributed by atoms with Crippen LogP contribution in [0.3, 0.4) is 0 Å². The van der Waals surface area contributed by atoms with Crippen molar-refractivity contribution in [3.05, 3.63) is 35.9 Å². The Balaban J connectivity index is 1.91. The van der Waals surface area contributed by atoms with Crippen LogP contribution < -0.4 is 5.73 Å². The summed E-state index contributed by atoms with van der Waals surface area (Å²) in [6.07, 6.45) is 1.70. The summed E-state index contributed by atoms with van der Waals surface area (Å²) in [5.41, 5.74) is 7.14. The van der Waals surface area contributed by atoms with Gasteiger partial charge in [-0.05, 0) is 24.2 Å². The molecule has 0 radical (unpaired) electrons. The lowest BCUT2D eigenvalue weighted by atomic mass is 10.0. The smallest absolute Gasteiger partial charge is 0.239 e. The van der Waals surface area contributed by atoms with Gasteiger partial charge in [-0.1, -0.05) is 30.3 Å². The number of amides is 1. The molecule has 1 heterocycles. The van der Waals surface area contributed by atoms with Crippen LogP contribution in [0.4, 0.5) is 0 Å². The third-order valence-corrected chi connectivity index (χ3v) is 4.56. The van der Waals surface area contributed by atoms with Crippen LogP contribution >= 0.6 is 11.8 Å². The van der Waals surface area contributed by atoms with E-state index in [0.717, 1.165) is 23.5 Å². The van der Waals surface area contributed by atoms with Crippen molar-refractivity contribution in [2.75, 3.05) is 18.6 Å². The van der Waals surface area contributed by atoms with E-state index in [9.17, 15) is 4.79 Å². The van der Waals surface area contributed by atoms with Crippen LogP contribution in [-0.4, -0.2) is 41.4 Å². The second-order valence-electron chi connectivity index (χ2n) is 4.76. The van der Waals surface area contributed by atoms with Crippen LogP contribution in [0.15, 0.2) is 30.3 Å². The molecule has 1 aliphatic heterocycles. The molecule has 3 nitrogen and oxygen atoms in total. The summed E-state index contributed by atoms with van der Waals surface area (Å²) < 4.78 is 0. The molecule has 1 saturated heterocycles. The maximum atomic E-state index is 12.2. The highest BCUT2D eigenvalue weighted by atomic mass is 32.2. The number of likely N-dealkylation sites (N-methyl/N-ethyl adjacent to an activating group) is 1. The van der Waals surface area contributed by atoms with Crippen LogP contribution in [0, 0.1) is 0 Å². The molecule has 98 valence electrons. The van der Waals surface area contributed by atoms with E-state index in [4.69, 9.17) is 5.73 Å². The number of benzene rings is 1. The Morgan fingerprint density at radius 1 is 1.50 bits per heavy atom. The zero-order valence-electron chi connectivity index (χ0n) is 10.7. The lowest BCUT2D eigenvalue weighted by Crippen LogP contribution is -2.47. The SMILES string of the molecule is CN(C(=O)[C@@H](N)Cc1ccccc1)[C@H]1CCSC1. The number of hydrogen-bond donors (Lipinski definition) is 1. The van der Waals surface area contributed by atoms with E-state index in [1.54, 1.807) is 0 Å². The summed E-state index contributed by atoms with van der Waals surface area (Å²) in [5.74, 6) is 2.25. The van der Waals surface area contributed by atoms with Crippen molar-refractivity contribution >= 4 is 17.7 Å². The summed E-state index contributed by atoms with van der Waals surface area (Å²) in [6.45, 7) is 0. The molecule has 0 aromatic heterocycles. The van der Waals surface area contributed by atoms with E-state index in [0.29, 0.717) is 12.5 Å². The van der Waals surface area contributed by atoms with Crippen LogP contribution in [0.1, 0.15) is 12.0 Å². The Kier molecular flexibility index (Phi) is 4.66. The quantitative estimate of drug-likeness (QED) is 0.897. The van der Waals surface area contributed by atoms with Gasteiger partial charge in [0.15, 0.2) is 0 Å². The van der Waals surface area contributed by atoms with Gasteiger partial charge in [0, 0.05) is 18.8 Å². The zero-order chi connectivity index (χ0) is 13.0. The summed E-state index contributed by atoms with van der Waals surface area (Å²) >= 11 is 1.91. The van der Waals surface area contributed by atoms with E-state index in [-0.39, 0.29) is 5.91 Å². The predicted octanol–water partition coefficient (Wildman–Crippen LogP) is 1.52. The minimum atomic E-state index is -0.428. The summed E-state index contributed by atoms with van der Waals surface area (Å²) in [4.78, 5) is 14.1. The number of carbonyl (C=O) groups excluding carboxylic acids is 1. The Bertz CT molecular complexity index is 390. The van der Waals surface area contributed by atoms with Crippen molar-refractivity contribution < 1.29 is 4.79 Å². The lowest BCUT2D eigenvalue weighted by molar-refractivity contribution is -0.132. The average Bonchev–Trinajstić information content (AvgIpc) is 2.92. The highest BCUT2D eigenvalue weighted by molar-refractivity contribution is 7.99. The van der Waals surface area contributed by atoms with Gasteiger partial charge in [-0.15, -0.1) is 0 Å². The molecule has 0 saturated carbocycles. The Morgan fingerprint density at radius 3 is 2.83 bits per heavy atom. The van der Waals surface area contributed by atoms with E-state index >= 15 is 0 Å². The molecule has 1 aromatic rings. The van der Waals surface area contributed by atoms with Crippen LogP contribution in [-0.2, 0) is 11.2 Å². The first-order chi connectivity index (χ1) is 8.68. The first kappa shape index (κ1) is 13.4. The molecule has 1 fully saturated rings. The van der Waals surface area contributed by atoms with E-state index < -0.39 is 6.04 Å². The van der Waals surface area contributed by atoms with Gasteiger partial charge in [-0.25, -0.2) is 0 Å². The van der Waals surface area contributed by atoms with Crippen molar-refractivity contribution in [2.24, 2.45) is 5.73 Å². The van der Waals surface area contributed by atoms with Gasteiger partial charge in [-0.3, -0.25) is 4.79 Å². The van der Waals surface area contributed by atoms with Crippen molar-refractivity contribution in [1.29, 1.82) is 0 Å². The maximum Gasteiger partial charge on any atom is 0.239 e. The fourth-order valence-electron chi connectivity index (χ4n) is 2.22. The first-order valence-corrected chi connectivity index (χ1v) is 7.48. The number of nitrogens with zero attached hydrogens (tertiary/aromatic N) is 1.